The average molecular weight is 343 g/mol. The van der Waals surface area contributed by atoms with Crippen molar-refractivity contribution in [1.82, 2.24) is 4.90 Å². The lowest BCUT2D eigenvalue weighted by atomic mass is 10.2. The highest BCUT2D eigenvalue weighted by Crippen LogP contribution is 2.22. The molecule has 7 heteroatoms. The number of amides is 2. The second-order valence-corrected chi connectivity index (χ2v) is 5.64. The Labute approximate surface area is 124 Å². The quantitative estimate of drug-likeness (QED) is 0.764. The number of aliphatic hydroxyl groups is 1. The number of hydrogen-bond acceptors (Lipinski definition) is 3. The highest BCUT2D eigenvalue weighted by atomic mass is 79.9. The zero-order valence-electron chi connectivity index (χ0n) is 10.8. The van der Waals surface area contributed by atoms with E-state index in [-0.39, 0.29) is 13.0 Å². The maximum atomic E-state index is 12.1. The third-order valence-electron chi connectivity index (χ3n) is 3.23. The van der Waals surface area contributed by atoms with E-state index in [1.54, 1.807) is 18.2 Å². The van der Waals surface area contributed by atoms with Crippen LogP contribution >= 0.6 is 15.9 Å². The lowest BCUT2D eigenvalue weighted by Gasteiger charge is -2.21. The Balaban J connectivity index is 2.11. The highest BCUT2D eigenvalue weighted by Gasteiger charge is 2.38. The Morgan fingerprint density at radius 3 is 2.75 bits per heavy atom. The summed E-state index contributed by atoms with van der Waals surface area (Å²) in [6.07, 6.45) is -0.740. The molecule has 3 N–H and O–H groups in total. The van der Waals surface area contributed by atoms with Crippen molar-refractivity contribution in [2.45, 2.75) is 25.5 Å². The van der Waals surface area contributed by atoms with Crippen LogP contribution in [0.3, 0.4) is 0 Å². The number of β-amino-alcohol motifs (C(OH)–C–C–N with tert-alkyl or cyclic N) is 1. The molecule has 1 saturated heterocycles. The Kier molecular flexibility index (Phi) is 4.29. The predicted octanol–water partition coefficient (Wildman–Crippen LogP) is 1.81. The standard InChI is InChI=1S/C13H15BrN2O4/c1-7-4-8(2-3-10(7)14)15-13(20)16-6-9(17)5-11(16)12(18)19/h2-4,9,11,17H,5-6H2,1H3,(H,15,20)(H,18,19)/t9-,11-/m0/s1. The molecule has 0 radical (unpaired) electrons. The molecule has 108 valence electrons. The summed E-state index contributed by atoms with van der Waals surface area (Å²) in [6, 6.07) is 3.80. The summed E-state index contributed by atoms with van der Waals surface area (Å²) in [7, 11) is 0. The smallest absolute Gasteiger partial charge is 0.326 e. The molecule has 2 atom stereocenters. The summed E-state index contributed by atoms with van der Waals surface area (Å²) in [6.45, 7) is 1.91. The number of rotatable bonds is 2. The van der Waals surface area contributed by atoms with Crippen molar-refractivity contribution in [1.29, 1.82) is 0 Å². The third-order valence-corrected chi connectivity index (χ3v) is 4.12. The molecule has 0 unspecified atom stereocenters. The van der Waals surface area contributed by atoms with E-state index in [2.05, 4.69) is 21.2 Å². The molecule has 1 aliphatic rings. The summed E-state index contributed by atoms with van der Waals surface area (Å²) in [5.41, 5.74) is 1.54. The van der Waals surface area contributed by atoms with E-state index in [0.29, 0.717) is 5.69 Å². The number of likely N-dealkylation sites (tertiary alicyclic amines) is 1. The van der Waals surface area contributed by atoms with Crippen LogP contribution in [0.2, 0.25) is 0 Å². The molecule has 1 aromatic rings. The normalized spacial score (nSPS) is 21.9. The van der Waals surface area contributed by atoms with Crippen LogP contribution in [0.4, 0.5) is 10.5 Å². The first kappa shape index (κ1) is 14.8. The summed E-state index contributed by atoms with van der Waals surface area (Å²) in [5, 5.41) is 21.2. The molecule has 1 aliphatic heterocycles. The molecule has 0 bridgehead atoms. The SMILES string of the molecule is Cc1cc(NC(=O)N2C[C@@H](O)C[C@H]2C(=O)O)ccc1Br. The number of aliphatic hydroxyl groups excluding tert-OH is 1. The second kappa shape index (κ2) is 5.80. The molecule has 0 saturated carbocycles. The zero-order valence-corrected chi connectivity index (χ0v) is 12.4. The van der Waals surface area contributed by atoms with Crippen LogP contribution < -0.4 is 5.32 Å². The van der Waals surface area contributed by atoms with Crippen LogP contribution in [-0.2, 0) is 4.79 Å². The Hall–Kier alpha value is -1.60. The van der Waals surface area contributed by atoms with Crippen molar-refractivity contribution >= 4 is 33.6 Å². The lowest BCUT2D eigenvalue weighted by molar-refractivity contribution is -0.141. The number of carboxylic acids is 1. The largest absolute Gasteiger partial charge is 0.480 e. The minimum absolute atomic E-state index is 0.0261. The van der Waals surface area contributed by atoms with Gasteiger partial charge in [-0.2, -0.15) is 0 Å². The summed E-state index contributed by atoms with van der Waals surface area (Å²) in [4.78, 5) is 24.3. The first-order valence-electron chi connectivity index (χ1n) is 6.13. The van der Waals surface area contributed by atoms with E-state index in [4.69, 9.17) is 5.11 Å². The highest BCUT2D eigenvalue weighted by molar-refractivity contribution is 9.10. The van der Waals surface area contributed by atoms with Crippen LogP contribution in [0.15, 0.2) is 22.7 Å². The van der Waals surface area contributed by atoms with E-state index in [0.717, 1.165) is 14.9 Å². The van der Waals surface area contributed by atoms with E-state index in [9.17, 15) is 14.7 Å². The van der Waals surface area contributed by atoms with Gasteiger partial charge < -0.3 is 20.4 Å². The summed E-state index contributed by atoms with van der Waals surface area (Å²) in [5.74, 6) is -1.11. The van der Waals surface area contributed by atoms with Crippen molar-refractivity contribution in [3.05, 3.63) is 28.2 Å². The lowest BCUT2D eigenvalue weighted by Crippen LogP contribution is -2.43. The van der Waals surface area contributed by atoms with Crippen molar-refractivity contribution in [2.24, 2.45) is 0 Å². The first-order valence-corrected chi connectivity index (χ1v) is 6.92. The molecular formula is C13H15BrN2O4. The maximum Gasteiger partial charge on any atom is 0.326 e. The van der Waals surface area contributed by atoms with Crippen LogP contribution in [0.5, 0.6) is 0 Å². The van der Waals surface area contributed by atoms with Gasteiger partial charge in [0.1, 0.15) is 6.04 Å². The number of carbonyl (C=O) groups is 2. The number of halogens is 1. The molecule has 6 nitrogen and oxygen atoms in total. The van der Waals surface area contributed by atoms with Crippen LogP contribution in [0.1, 0.15) is 12.0 Å². The fourth-order valence-corrected chi connectivity index (χ4v) is 2.44. The average Bonchev–Trinajstić information content (AvgIpc) is 2.76. The first-order chi connectivity index (χ1) is 9.38. The van der Waals surface area contributed by atoms with Gasteiger partial charge in [0.25, 0.3) is 0 Å². The second-order valence-electron chi connectivity index (χ2n) is 4.79. The molecule has 0 aliphatic carbocycles. The minimum Gasteiger partial charge on any atom is -0.480 e. The number of aliphatic carboxylic acids is 1. The predicted molar refractivity (Wildman–Crippen MR) is 76.7 cm³/mol. The van der Waals surface area contributed by atoms with Gasteiger partial charge in [0.05, 0.1) is 6.10 Å². The molecule has 1 fully saturated rings. The van der Waals surface area contributed by atoms with E-state index in [1.807, 2.05) is 6.92 Å². The molecule has 20 heavy (non-hydrogen) atoms. The van der Waals surface area contributed by atoms with Gasteiger partial charge in [-0.1, -0.05) is 15.9 Å². The minimum atomic E-state index is -1.11. The Bertz CT molecular complexity index is 549. The number of carbonyl (C=O) groups excluding carboxylic acids is 1. The van der Waals surface area contributed by atoms with Crippen molar-refractivity contribution in [3.63, 3.8) is 0 Å². The number of anilines is 1. The zero-order chi connectivity index (χ0) is 14.9. The van der Waals surface area contributed by atoms with Gasteiger partial charge in [-0.15, -0.1) is 0 Å². The molecule has 1 heterocycles. The number of benzene rings is 1. The van der Waals surface area contributed by atoms with Gasteiger partial charge in [-0.3, -0.25) is 0 Å². The van der Waals surface area contributed by atoms with Gasteiger partial charge in [0.15, 0.2) is 0 Å². The number of hydrogen-bond donors (Lipinski definition) is 3. The van der Waals surface area contributed by atoms with Crippen molar-refractivity contribution in [3.8, 4) is 0 Å². The number of nitrogens with zero attached hydrogens (tertiary/aromatic N) is 1. The number of carboxylic acid groups (broad SMARTS) is 1. The molecule has 1 aromatic carbocycles. The molecule has 2 rings (SSSR count). The Morgan fingerprint density at radius 2 is 2.15 bits per heavy atom. The Morgan fingerprint density at radius 1 is 1.45 bits per heavy atom. The van der Waals surface area contributed by atoms with Crippen LogP contribution in [0.25, 0.3) is 0 Å². The number of urea groups is 1. The van der Waals surface area contributed by atoms with Gasteiger partial charge in [-0.05, 0) is 30.7 Å². The van der Waals surface area contributed by atoms with E-state index < -0.39 is 24.1 Å². The van der Waals surface area contributed by atoms with Crippen molar-refractivity contribution in [2.75, 3.05) is 11.9 Å². The summed E-state index contributed by atoms with van der Waals surface area (Å²) >= 11 is 3.36. The summed E-state index contributed by atoms with van der Waals surface area (Å²) < 4.78 is 0.926. The number of nitrogens with one attached hydrogen (secondary N) is 1. The third kappa shape index (κ3) is 3.10. The number of aryl methyl sites for hydroxylation is 1. The molecule has 0 spiro atoms. The van der Waals surface area contributed by atoms with Gasteiger partial charge >= 0.3 is 12.0 Å². The van der Waals surface area contributed by atoms with Crippen molar-refractivity contribution < 1.29 is 19.8 Å². The molecule has 2 amide bonds. The van der Waals surface area contributed by atoms with E-state index >= 15 is 0 Å². The van der Waals surface area contributed by atoms with Gasteiger partial charge in [0, 0.05) is 23.1 Å². The molecular weight excluding hydrogens is 328 g/mol. The van der Waals surface area contributed by atoms with Crippen LogP contribution in [-0.4, -0.2) is 45.8 Å². The van der Waals surface area contributed by atoms with Crippen LogP contribution in [0, 0.1) is 6.92 Å². The van der Waals surface area contributed by atoms with E-state index in [1.165, 1.54) is 0 Å². The topological polar surface area (TPSA) is 89.9 Å². The fraction of sp³-hybridized carbons (Fsp3) is 0.385. The fourth-order valence-electron chi connectivity index (χ4n) is 2.19. The molecule has 0 aromatic heterocycles. The van der Waals surface area contributed by atoms with Gasteiger partial charge in [0.2, 0.25) is 0 Å². The maximum absolute atomic E-state index is 12.1. The van der Waals surface area contributed by atoms with Gasteiger partial charge in [-0.25, -0.2) is 9.59 Å². The monoisotopic (exact) mass is 342 g/mol.